The number of amides is 3. The van der Waals surface area contributed by atoms with Crippen molar-refractivity contribution in [1.82, 2.24) is 15.5 Å². The van der Waals surface area contributed by atoms with Gasteiger partial charge in [-0.25, -0.2) is 0 Å². The lowest BCUT2D eigenvalue weighted by molar-refractivity contribution is -0.136. The first-order chi connectivity index (χ1) is 27.1. The maximum Gasteiger partial charge on any atom is 0.257 e. The zero-order valence-corrected chi connectivity index (χ0v) is 32.5. The molecule has 56 heavy (non-hydrogen) atoms. The second-order valence-corrected chi connectivity index (χ2v) is 13.1. The van der Waals surface area contributed by atoms with E-state index in [0.29, 0.717) is 51.4 Å². The number of aryl methyl sites for hydroxylation is 1. The molecule has 12 nitrogen and oxygen atoms in total. The van der Waals surface area contributed by atoms with Crippen LogP contribution in [0.2, 0.25) is 0 Å². The molecule has 3 amide bonds. The molecule has 0 saturated carbocycles. The van der Waals surface area contributed by atoms with E-state index in [0.717, 1.165) is 23.2 Å². The van der Waals surface area contributed by atoms with Crippen molar-refractivity contribution < 1.29 is 33.4 Å². The molecule has 294 valence electrons. The van der Waals surface area contributed by atoms with E-state index in [1.807, 2.05) is 7.05 Å². The molecule has 0 bridgehead atoms. The fourth-order valence-corrected chi connectivity index (χ4v) is 6.33. The molecule has 0 aromatic heterocycles. The largest absolute Gasteiger partial charge is 0.388 e. The summed E-state index contributed by atoms with van der Waals surface area (Å²) < 4.78 is 10.6. The molecule has 4 aromatic rings. The van der Waals surface area contributed by atoms with Crippen molar-refractivity contribution in [3.63, 3.8) is 0 Å². The lowest BCUT2D eigenvalue weighted by Crippen LogP contribution is -2.53. The molecule has 1 aliphatic heterocycles. The highest BCUT2D eigenvalue weighted by Crippen LogP contribution is 2.28. The second kappa shape index (κ2) is 21.7. The number of anilines is 2. The number of benzene rings is 4. The molecular weight excluding hydrogens is 711 g/mol. The number of carbonyl (C=O) groups is 5. The van der Waals surface area contributed by atoms with Gasteiger partial charge in [-0.1, -0.05) is 67.2 Å². The van der Waals surface area contributed by atoms with Crippen molar-refractivity contribution in [2.24, 2.45) is 0 Å². The molecule has 0 spiro atoms. The summed E-state index contributed by atoms with van der Waals surface area (Å²) in [7, 11) is 3.40. The third-order valence-corrected chi connectivity index (χ3v) is 9.37. The third kappa shape index (κ3) is 11.5. The molecule has 5 rings (SSSR count). The Labute approximate surface area is 328 Å². The number of aldehydes is 2. The first-order valence-corrected chi connectivity index (χ1v) is 18.6. The minimum atomic E-state index is -0.791. The number of ether oxygens (including phenoxy) is 2. The molecule has 1 saturated heterocycles. The van der Waals surface area contributed by atoms with Gasteiger partial charge in [0.2, 0.25) is 11.8 Å². The first-order valence-electron chi connectivity index (χ1n) is 18.6. The highest BCUT2D eigenvalue weighted by Gasteiger charge is 2.34. The number of nitrogens with one attached hydrogen (secondary N) is 4. The van der Waals surface area contributed by atoms with Crippen molar-refractivity contribution in [2.45, 2.75) is 45.2 Å². The van der Waals surface area contributed by atoms with E-state index < -0.39 is 17.9 Å². The van der Waals surface area contributed by atoms with Crippen LogP contribution in [0.1, 0.15) is 69.6 Å². The predicted molar refractivity (Wildman–Crippen MR) is 220 cm³/mol. The number of carbonyl (C=O) groups excluding carboxylic acids is 5. The van der Waals surface area contributed by atoms with Gasteiger partial charge in [0, 0.05) is 62.0 Å². The normalized spacial score (nSPS) is 14.0. The van der Waals surface area contributed by atoms with Crippen LogP contribution in [0, 0.1) is 6.92 Å². The summed E-state index contributed by atoms with van der Waals surface area (Å²) in [6.07, 6.45) is 2.09. The Kier molecular flexibility index (Phi) is 16.6. The third-order valence-electron chi connectivity index (χ3n) is 9.37. The molecular formula is C44H51N5O7. The van der Waals surface area contributed by atoms with Gasteiger partial charge in [0.05, 0.1) is 37.7 Å². The van der Waals surface area contributed by atoms with Gasteiger partial charge in [-0.3, -0.25) is 24.5 Å². The van der Waals surface area contributed by atoms with E-state index in [1.54, 1.807) is 12.1 Å². The topological polar surface area (TPSA) is 155 Å². The molecule has 0 radical (unpaired) electrons. The van der Waals surface area contributed by atoms with E-state index in [2.05, 4.69) is 108 Å². The van der Waals surface area contributed by atoms with Crippen LogP contribution < -0.4 is 21.3 Å². The van der Waals surface area contributed by atoms with Gasteiger partial charge in [0.1, 0.15) is 12.3 Å². The molecule has 0 aliphatic carbocycles. The number of fused-ring (bicyclic) bond motifs is 1. The Morgan fingerprint density at radius 2 is 1.73 bits per heavy atom. The average molecular weight is 762 g/mol. The monoisotopic (exact) mass is 761 g/mol. The van der Waals surface area contributed by atoms with Crippen molar-refractivity contribution in [1.29, 1.82) is 0 Å². The number of rotatable bonds is 18. The zero-order chi connectivity index (χ0) is 40.5. The van der Waals surface area contributed by atoms with Crippen LogP contribution in [0.4, 0.5) is 11.4 Å². The molecule has 4 aromatic carbocycles. The van der Waals surface area contributed by atoms with Gasteiger partial charge < -0.3 is 35.1 Å². The SMILES string of the molecule is C=C=C(NC(C)c1cccc2ccccc12)c1cc(NC)ccc1C.CN(C(=O)c1c(C=O)cccc1NCCOCCOCCC=O)C1CCC(=O)NC1=O. The highest BCUT2D eigenvalue weighted by atomic mass is 16.5. The summed E-state index contributed by atoms with van der Waals surface area (Å²) in [5, 5.41) is 14.6. The van der Waals surface area contributed by atoms with E-state index in [4.69, 9.17) is 9.47 Å². The van der Waals surface area contributed by atoms with Crippen LogP contribution in [0.3, 0.4) is 0 Å². The summed E-state index contributed by atoms with van der Waals surface area (Å²) in [5.74, 6) is -1.40. The van der Waals surface area contributed by atoms with E-state index in [1.165, 1.54) is 39.9 Å². The van der Waals surface area contributed by atoms with Gasteiger partial charge in [-0.05, 0) is 60.4 Å². The van der Waals surface area contributed by atoms with Crippen molar-refractivity contribution in [3.8, 4) is 0 Å². The molecule has 1 heterocycles. The van der Waals surface area contributed by atoms with Crippen molar-refractivity contribution in [3.05, 3.63) is 119 Å². The molecule has 4 N–H and O–H groups in total. The minimum Gasteiger partial charge on any atom is -0.388 e. The van der Waals surface area contributed by atoms with Crippen LogP contribution in [0.15, 0.2) is 91.2 Å². The Bertz CT molecular complexity index is 2050. The number of hydrogen-bond donors (Lipinski definition) is 4. The van der Waals surface area contributed by atoms with Gasteiger partial charge in [0.25, 0.3) is 5.91 Å². The summed E-state index contributed by atoms with van der Waals surface area (Å²) in [6.45, 7) is 9.98. The number of imide groups is 1. The average Bonchev–Trinajstić information content (AvgIpc) is 3.21. The van der Waals surface area contributed by atoms with Crippen LogP contribution in [0.5, 0.6) is 0 Å². The lowest BCUT2D eigenvalue weighted by atomic mass is 9.98. The van der Waals surface area contributed by atoms with E-state index in [-0.39, 0.29) is 35.9 Å². The maximum atomic E-state index is 13.1. The van der Waals surface area contributed by atoms with E-state index >= 15 is 0 Å². The summed E-state index contributed by atoms with van der Waals surface area (Å²) >= 11 is 0. The van der Waals surface area contributed by atoms with Crippen molar-refractivity contribution in [2.75, 3.05) is 57.7 Å². The number of nitrogens with zero attached hydrogens (tertiary/aromatic N) is 1. The number of likely N-dealkylation sites (N-methyl/N-ethyl adjacent to an activating group) is 1. The molecule has 2 unspecified atom stereocenters. The lowest BCUT2D eigenvalue weighted by Gasteiger charge is -2.30. The fourth-order valence-electron chi connectivity index (χ4n) is 6.33. The fraction of sp³-hybridized carbons (Fsp3) is 0.318. The smallest absolute Gasteiger partial charge is 0.257 e. The van der Waals surface area contributed by atoms with Gasteiger partial charge >= 0.3 is 0 Å². The summed E-state index contributed by atoms with van der Waals surface area (Å²) in [6, 6.07) is 25.4. The quantitative estimate of drug-likeness (QED) is 0.0406. The molecule has 1 aliphatic rings. The summed E-state index contributed by atoms with van der Waals surface area (Å²) in [4.78, 5) is 59.6. The molecule has 1 fully saturated rings. The van der Waals surface area contributed by atoms with Gasteiger partial charge in [-0.2, -0.15) is 0 Å². The van der Waals surface area contributed by atoms with Gasteiger partial charge in [-0.15, -0.1) is 5.73 Å². The second-order valence-electron chi connectivity index (χ2n) is 13.1. The molecule has 12 heteroatoms. The highest BCUT2D eigenvalue weighted by molar-refractivity contribution is 6.09. The van der Waals surface area contributed by atoms with Crippen LogP contribution >= 0.6 is 0 Å². The van der Waals surface area contributed by atoms with Crippen LogP contribution in [0.25, 0.3) is 16.5 Å². The minimum absolute atomic E-state index is 0.144. The zero-order valence-electron chi connectivity index (χ0n) is 32.5. The van der Waals surface area contributed by atoms with Crippen molar-refractivity contribution >= 4 is 58.1 Å². The Balaban J connectivity index is 0.000000254. The number of piperidine rings is 1. The van der Waals surface area contributed by atoms with Gasteiger partial charge in [0.15, 0.2) is 6.29 Å². The molecule has 2 atom stereocenters. The standard InChI is InChI=1S/C23H24N2.C21H27N3O7/c1-5-23(22-15-19(24-4)14-13-16(22)2)25-17(3)20-12-8-10-18-9-6-7-11-21(18)20;1-24(17-6-7-18(27)23-20(17)28)21(29)19-15(14-26)4-2-5-16(19)22-8-11-31-13-12-30-10-3-9-25/h6-15,17,24-25H,1H2,2-4H3;2,4-5,9,14,17,22H,3,6-8,10-13H2,1H3,(H,23,27,28). The number of hydrogen-bond acceptors (Lipinski definition) is 10. The Hall–Kier alpha value is -6.07. The Morgan fingerprint density at radius 1 is 1.00 bits per heavy atom. The van der Waals surface area contributed by atoms with E-state index in [9.17, 15) is 24.0 Å². The first kappa shape index (κ1) is 42.7. The Morgan fingerprint density at radius 3 is 2.45 bits per heavy atom. The maximum absolute atomic E-state index is 13.1. The van der Waals surface area contributed by atoms with Crippen LogP contribution in [-0.4, -0.2) is 88.3 Å². The predicted octanol–water partition coefficient (Wildman–Crippen LogP) is 6.08. The van der Waals surface area contributed by atoms with Crippen LogP contribution in [-0.2, 0) is 23.9 Å². The summed E-state index contributed by atoms with van der Waals surface area (Å²) in [5.41, 5.74) is 9.47.